The topological polar surface area (TPSA) is 56.4 Å². The molecule has 0 saturated carbocycles. The molecule has 7 heteroatoms. The number of hydrogen-bond acceptors (Lipinski definition) is 4. The fourth-order valence-corrected chi connectivity index (χ4v) is 4.59. The molecule has 3 heterocycles. The molecule has 170 valence electrons. The smallest absolute Gasteiger partial charge is 0.150 e. The monoisotopic (exact) mass is 462 g/mol. The van der Waals surface area contributed by atoms with Gasteiger partial charge >= 0.3 is 0 Å². The number of aromatic nitrogens is 3. The van der Waals surface area contributed by atoms with Gasteiger partial charge in [-0.05, 0) is 30.2 Å². The van der Waals surface area contributed by atoms with E-state index in [1.54, 1.807) is 11.2 Å². The van der Waals surface area contributed by atoms with Gasteiger partial charge < -0.3 is 19.5 Å². The number of nitrogens with zero attached hydrogens (tertiary/aromatic N) is 3. The van der Waals surface area contributed by atoms with Crippen LogP contribution in [0.2, 0.25) is 5.02 Å². The number of anilines is 1. The number of benzene rings is 2. The van der Waals surface area contributed by atoms with E-state index in [1.165, 1.54) is 0 Å². The van der Waals surface area contributed by atoms with Crippen molar-refractivity contribution in [3.63, 3.8) is 0 Å². The largest absolute Gasteiger partial charge is 0.370 e. The molecular weight excluding hydrogens is 434 g/mol. The molecule has 1 saturated heterocycles. The maximum Gasteiger partial charge on any atom is 0.150 e. The van der Waals surface area contributed by atoms with Gasteiger partial charge in [-0.3, -0.25) is 0 Å². The van der Waals surface area contributed by atoms with Crippen LogP contribution in [0.3, 0.4) is 0 Å². The van der Waals surface area contributed by atoms with Crippen LogP contribution in [0.25, 0.3) is 27.8 Å². The van der Waals surface area contributed by atoms with Crippen molar-refractivity contribution < 1.29 is 9.64 Å². The van der Waals surface area contributed by atoms with E-state index in [9.17, 15) is 0 Å². The minimum atomic E-state index is 0.744. The van der Waals surface area contributed by atoms with Crippen LogP contribution in [0.4, 0.5) is 5.82 Å². The maximum absolute atomic E-state index is 6.45. The van der Waals surface area contributed by atoms with Crippen LogP contribution >= 0.6 is 11.6 Å². The first kappa shape index (κ1) is 21.9. The average molecular weight is 463 g/mol. The Morgan fingerprint density at radius 2 is 1.91 bits per heavy atom. The summed E-state index contributed by atoms with van der Waals surface area (Å²) in [5.74, 6) is 0.868. The van der Waals surface area contributed by atoms with Gasteiger partial charge in [0.15, 0.2) is 5.65 Å². The van der Waals surface area contributed by atoms with Crippen LogP contribution in [0.1, 0.15) is 12.0 Å². The molecule has 2 aromatic heterocycles. The average Bonchev–Trinajstić information content (AvgIpc) is 3.25. The van der Waals surface area contributed by atoms with E-state index in [2.05, 4.69) is 56.4 Å². The molecule has 6 nitrogen and oxygen atoms in total. The zero-order valence-electron chi connectivity index (χ0n) is 18.9. The Bertz CT molecular complexity index is 1230. The van der Waals surface area contributed by atoms with E-state index in [1.807, 2.05) is 25.1 Å². The first-order valence-corrected chi connectivity index (χ1v) is 11.9. The zero-order valence-corrected chi connectivity index (χ0v) is 19.6. The molecule has 0 amide bonds. The predicted octanol–water partition coefficient (Wildman–Crippen LogP) is 3.77. The lowest BCUT2D eigenvalue weighted by molar-refractivity contribution is -0.908. The minimum absolute atomic E-state index is 0.744. The summed E-state index contributed by atoms with van der Waals surface area (Å²) in [4.78, 5) is 10.9. The van der Waals surface area contributed by atoms with E-state index in [0.717, 1.165) is 90.1 Å². The van der Waals surface area contributed by atoms with Crippen LogP contribution in [-0.4, -0.2) is 53.9 Å². The summed E-state index contributed by atoms with van der Waals surface area (Å²) in [6, 6.07) is 16.5. The van der Waals surface area contributed by atoms with Crippen molar-refractivity contribution in [2.45, 2.75) is 13.3 Å². The Kier molecular flexibility index (Phi) is 6.58. The van der Waals surface area contributed by atoms with Gasteiger partial charge in [0, 0.05) is 35.4 Å². The Labute approximate surface area is 199 Å². The third-order valence-corrected chi connectivity index (χ3v) is 6.71. The number of rotatable bonds is 7. The number of hydrogen-bond donors (Lipinski definition) is 2. The zero-order chi connectivity index (χ0) is 22.6. The van der Waals surface area contributed by atoms with E-state index >= 15 is 0 Å². The second kappa shape index (κ2) is 9.91. The molecule has 0 radical (unpaired) electrons. The molecule has 1 aliphatic heterocycles. The third kappa shape index (κ3) is 4.74. The minimum Gasteiger partial charge on any atom is -0.370 e. The SMILES string of the molecule is Cc1ccc(-n2cc(-c3ccccc3)c3c(NCCC[NH+]4CCOCC4)ncnc32)cc1Cl. The summed E-state index contributed by atoms with van der Waals surface area (Å²) in [7, 11) is 0. The van der Waals surface area contributed by atoms with Crippen molar-refractivity contribution in [2.75, 3.05) is 44.7 Å². The van der Waals surface area contributed by atoms with Gasteiger partial charge in [-0.2, -0.15) is 0 Å². The number of halogens is 1. The molecule has 2 N–H and O–H groups in total. The van der Waals surface area contributed by atoms with Gasteiger partial charge in [-0.1, -0.05) is 48.0 Å². The third-order valence-electron chi connectivity index (χ3n) is 6.30. The summed E-state index contributed by atoms with van der Waals surface area (Å²) in [6.07, 6.45) is 4.85. The molecule has 0 atom stereocenters. The molecule has 0 spiro atoms. The maximum atomic E-state index is 6.45. The van der Waals surface area contributed by atoms with Crippen molar-refractivity contribution in [1.82, 2.24) is 14.5 Å². The Morgan fingerprint density at radius 3 is 2.70 bits per heavy atom. The van der Waals surface area contributed by atoms with Gasteiger partial charge in [0.25, 0.3) is 0 Å². The predicted molar refractivity (Wildman–Crippen MR) is 134 cm³/mol. The number of morpholine rings is 1. The van der Waals surface area contributed by atoms with E-state index in [4.69, 9.17) is 16.3 Å². The second-order valence-corrected chi connectivity index (χ2v) is 8.93. The number of nitrogens with one attached hydrogen (secondary N) is 2. The highest BCUT2D eigenvalue weighted by Gasteiger charge is 2.18. The van der Waals surface area contributed by atoms with Crippen molar-refractivity contribution in [3.05, 3.63) is 71.6 Å². The number of quaternary nitrogens is 1. The highest BCUT2D eigenvalue weighted by molar-refractivity contribution is 6.31. The molecule has 1 fully saturated rings. The van der Waals surface area contributed by atoms with Gasteiger partial charge in [0.05, 0.1) is 25.1 Å². The lowest BCUT2D eigenvalue weighted by atomic mass is 10.1. The lowest BCUT2D eigenvalue weighted by Crippen LogP contribution is -3.14. The standard InChI is InChI=1S/C26H28ClN5O/c1-19-8-9-21(16-23(19)27)32-17-22(20-6-3-2-4-7-20)24-25(29-18-30-26(24)32)28-10-5-11-31-12-14-33-15-13-31/h2-4,6-9,16-18H,5,10-15H2,1H3,(H,28,29,30)/p+1. The molecular formula is C26H29ClN5O+. The Morgan fingerprint density at radius 1 is 1.09 bits per heavy atom. The quantitative estimate of drug-likeness (QED) is 0.410. The molecule has 0 unspecified atom stereocenters. The summed E-state index contributed by atoms with van der Waals surface area (Å²) >= 11 is 6.45. The van der Waals surface area contributed by atoms with E-state index in [0.29, 0.717) is 0 Å². The van der Waals surface area contributed by atoms with Gasteiger partial charge in [-0.15, -0.1) is 0 Å². The van der Waals surface area contributed by atoms with Crippen LogP contribution in [0.5, 0.6) is 0 Å². The van der Waals surface area contributed by atoms with Crippen LogP contribution in [0.15, 0.2) is 61.1 Å². The van der Waals surface area contributed by atoms with Gasteiger partial charge in [0.2, 0.25) is 0 Å². The van der Waals surface area contributed by atoms with E-state index in [-0.39, 0.29) is 0 Å². The molecule has 0 aliphatic carbocycles. The summed E-state index contributed by atoms with van der Waals surface area (Å²) < 4.78 is 7.57. The van der Waals surface area contributed by atoms with Crippen LogP contribution in [0, 0.1) is 6.92 Å². The van der Waals surface area contributed by atoms with Crippen LogP contribution in [-0.2, 0) is 4.74 Å². The molecule has 2 aromatic carbocycles. The number of aryl methyl sites for hydroxylation is 1. The Hall–Kier alpha value is -2.93. The number of ether oxygens (including phenoxy) is 1. The van der Waals surface area contributed by atoms with Gasteiger partial charge in [0.1, 0.15) is 25.2 Å². The highest BCUT2D eigenvalue weighted by Crippen LogP contribution is 2.35. The fourth-order valence-electron chi connectivity index (χ4n) is 4.42. The summed E-state index contributed by atoms with van der Waals surface area (Å²) in [5, 5.41) is 5.36. The van der Waals surface area contributed by atoms with Gasteiger partial charge in [-0.25, -0.2) is 9.97 Å². The number of fused-ring (bicyclic) bond motifs is 1. The normalized spacial score (nSPS) is 14.6. The van der Waals surface area contributed by atoms with E-state index < -0.39 is 0 Å². The summed E-state index contributed by atoms with van der Waals surface area (Å²) in [6.45, 7) is 7.94. The molecule has 1 aliphatic rings. The van der Waals surface area contributed by atoms with Crippen LogP contribution < -0.4 is 10.2 Å². The van der Waals surface area contributed by atoms with Crippen molar-refractivity contribution in [3.8, 4) is 16.8 Å². The summed E-state index contributed by atoms with van der Waals surface area (Å²) in [5.41, 5.74) is 5.14. The van der Waals surface area contributed by atoms with Crippen molar-refractivity contribution >= 4 is 28.5 Å². The first-order chi connectivity index (χ1) is 16.2. The first-order valence-electron chi connectivity index (χ1n) is 11.5. The van der Waals surface area contributed by atoms with Crippen molar-refractivity contribution in [1.29, 1.82) is 0 Å². The second-order valence-electron chi connectivity index (χ2n) is 8.53. The molecule has 4 aromatic rings. The Balaban J connectivity index is 1.49. The fraction of sp³-hybridized carbons (Fsp3) is 0.308. The lowest BCUT2D eigenvalue weighted by Gasteiger charge is -2.23. The molecule has 0 bridgehead atoms. The molecule has 33 heavy (non-hydrogen) atoms. The molecule has 5 rings (SSSR count). The van der Waals surface area contributed by atoms with Crippen molar-refractivity contribution in [2.24, 2.45) is 0 Å². The highest BCUT2D eigenvalue weighted by atomic mass is 35.5.